The Hall–Kier alpha value is -5.77. The molecule has 1 aromatic rings. The molecular weight excluding hydrogens is 919 g/mol. The van der Waals surface area contributed by atoms with Gasteiger partial charge in [-0.2, -0.15) is 0 Å². The van der Waals surface area contributed by atoms with Gasteiger partial charge in [-0.15, -0.1) is 0 Å². The first-order valence-electron chi connectivity index (χ1n) is 23.1. The highest BCUT2D eigenvalue weighted by Gasteiger charge is 2.52. The summed E-state index contributed by atoms with van der Waals surface area (Å²) < 4.78 is 48.0. The van der Waals surface area contributed by atoms with Crippen LogP contribution in [0, 0.1) is 36.0 Å². The van der Waals surface area contributed by atoms with Gasteiger partial charge in [0.2, 0.25) is 5.78 Å². The Morgan fingerprint density at radius 3 is 2.30 bits per heavy atom. The number of aliphatic hydroxyl groups is 2. The third-order valence-corrected chi connectivity index (χ3v) is 13.8. The van der Waals surface area contributed by atoms with Gasteiger partial charge in [-0.3, -0.25) is 33.6 Å². The smallest absolute Gasteiger partial charge is 0.312 e. The Labute approximate surface area is 404 Å². The number of fused-ring (bicyclic) bond motifs is 3. The molecule has 382 valence electrons. The number of amides is 1. The van der Waals surface area contributed by atoms with Crippen LogP contribution in [0.4, 0.5) is 0 Å². The molecule has 0 saturated carbocycles. The molecule has 4 aliphatic heterocycles. The van der Waals surface area contributed by atoms with Crippen LogP contribution in [-0.4, -0.2) is 129 Å². The average Bonchev–Trinajstić information content (AvgIpc) is 3.86. The minimum Gasteiger partial charge on any atom is -0.507 e. The monoisotopic (exact) mass is 981 g/mol. The number of aliphatic hydroxyl groups excluding tert-OH is 2. The molecule has 4 heterocycles. The third kappa shape index (κ3) is 10.8. The number of benzene rings is 1. The molecule has 1 aliphatic carbocycles. The van der Waals surface area contributed by atoms with Gasteiger partial charge >= 0.3 is 23.7 Å². The average molecular weight is 982 g/mol. The number of esters is 2. The van der Waals surface area contributed by atoms with E-state index in [4.69, 9.17) is 37.9 Å². The molecule has 0 radical (unpaired) electrons. The standard InChI is InChI=1S/C50H63NO19/c1-21-13-12-14-29(26(6)67-48(62)49(9,10)19-34(54)55)40(57)23(3)39(56)24(4)43(68-28(8)52)22(2)32(69-35-18-33-45(27(7)66-35)64-20-63-33)15-16-65-50(11)46(60)38-37-36(41(58)25(5)44(38)70-50)31(53)17-30(42(37)59)51-47(21)61/h12-17,22-24,26-27,29,32-33,35,39-40,43,45,56-58H,18-20H2,1-11H3,(H,51,61)(H,54,55). The number of rotatable bonds is 8. The lowest BCUT2D eigenvalue weighted by Crippen LogP contribution is -2.50. The van der Waals surface area contributed by atoms with E-state index < -0.39 is 148 Å². The van der Waals surface area contributed by atoms with Crippen molar-refractivity contribution in [1.82, 2.24) is 5.32 Å². The zero-order valence-corrected chi connectivity index (χ0v) is 41.0. The Morgan fingerprint density at radius 2 is 1.64 bits per heavy atom. The summed E-state index contributed by atoms with van der Waals surface area (Å²) in [4.78, 5) is 93.8. The summed E-state index contributed by atoms with van der Waals surface area (Å²) in [5, 5.41) is 47.4. The number of phenolic OH excluding ortho intramolecular Hbond substituents is 1. The second kappa shape index (κ2) is 20.9. The van der Waals surface area contributed by atoms with Crippen molar-refractivity contribution in [2.45, 2.75) is 150 Å². The number of aliphatic carboxylic acids is 1. The van der Waals surface area contributed by atoms with E-state index in [-0.39, 0.29) is 47.9 Å². The number of allylic oxidation sites excluding steroid dienone is 4. The maximum absolute atomic E-state index is 14.5. The summed E-state index contributed by atoms with van der Waals surface area (Å²) in [5.41, 5.74) is -3.43. The van der Waals surface area contributed by atoms with Gasteiger partial charge in [0.25, 0.3) is 11.7 Å². The lowest BCUT2D eigenvalue weighted by Gasteiger charge is -2.41. The van der Waals surface area contributed by atoms with Gasteiger partial charge in [-0.25, -0.2) is 0 Å². The van der Waals surface area contributed by atoms with Gasteiger partial charge in [0.05, 0.1) is 71.0 Å². The van der Waals surface area contributed by atoms with E-state index in [0.717, 1.165) is 12.3 Å². The molecule has 0 aromatic heterocycles. The second-order valence-corrected chi connectivity index (χ2v) is 19.5. The van der Waals surface area contributed by atoms with Crippen molar-refractivity contribution in [3.05, 3.63) is 70.2 Å². The molecule has 1 amide bonds. The molecule has 5 N–H and O–H groups in total. The molecule has 6 rings (SSSR count). The zero-order chi connectivity index (χ0) is 51.9. The summed E-state index contributed by atoms with van der Waals surface area (Å²) in [5.74, 6) is -13.6. The number of phenols is 1. The molecule has 5 aliphatic rings. The first-order chi connectivity index (χ1) is 32.7. The van der Waals surface area contributed by atoms with E-state index in [9.17, 15) is 54.0 Å². The van der Waals surface area contributed by atoms with Crippen LogP contribution in [0.15, 0.2) is 47.9 Å². The maximum atomic E-state index is 14.5. The van der Waals surface area contributed by atoms with E-state index in [1.54, 1.807) is 20.8 Å². The third-order valence-electron chi connectivity index (χ3n) is 13.8. The summed E-state index contributed by atoms with van der Waals surface area (Å²) in [6.07, 6.45) is -1.48. The molecule has 0 spiro atoms. The van der Waals surface area contributed by atoms with Crippen molar-refractivity contribution in [2.24, 2.45) is 29.1 Å². The quantitative estimate of drug-likeness (QED) is 0.227. The van der Waals surface area contributed by atoms with E-state index in [2.05, 4.69) is 5.32 Å². The number of hydrogen-bond acceptors (Lipinski definition) is 18. The topological polar surface area (TPSA) is 286 Å². The number of Topliss-reactive ketones (excluding diaryl/α,β-unsaturated/α-hetero) is 2. The van der Waals surface area contributed by atoms with E-state index in [1.807, 2.05) is 0 Å². The van der Waals surface area contributed by atoms with Crippen LogP contribution in [0.5, 0.6) is 11.5 Å². The summed E-state index contributed by atoms with van der Waals surface area (Å²) in [6.45, 7) is 16.1. The predicted octanol–water partition coefficient (Wildman–Crippen LogP) is 4.29. The van der Waals surface area contributed by atoms with Gasteiger partial charge in [0.15, 0.2) is 12.1 Å². The van der Waals surface area contributed by atoms with Crippen LogP contribution in [-0.2, 0) is 52.3 Å². The van der Waals surface area contributed by atoms with Crippen molar-refractivity contribution in [3.63, 3.8) is 0 Å². The van der Waals surface area contributed by atoms with Crippen molar-refractivity contribution >= 4 is 41.2 Å². The van der Waals surface area contributed by atoms with Gasteiger partial charge in [-0.1, -0.05) is 39.0 Å². The number of carbonyl (C=O) groups is 7. The first-order valence-corrected chi connectivity index (χ1v) is 23.1. The van der Waals surface area contributed by atoms with Crippen molar-refractivity contribution in [2.75, 3.05) is 6.79 Å². The molecule has 14 atom stereocenters. The SMILES string of the molecule is CC(=O)OC1C(C)C(OC2CC3OCOC3C(C)O2)C=COC2(C)Oc3c(C)c(O)c4c(c3C2=O)C(=O)C(=CC4=O)NC(=O)C(C)=CC=CC(C(C)OC(=O)C(C)(C)CC(=O)O)C(O)C(C)C(O)C1C. The van der Waals surface area contributed by atoms with Crippen molar-refractivity contribution in [3.8, 4) is 11.5 Å². The van der Waals surface area contributed by atoms with Crippen LogP contribution in [0.25, 0.3) is 0 Å². The Morgan fingerprint density at radius 1 is 0.957 bits per heavy atom. The van der Waals surface area contributed by atoms with Gasteiger partial charge in [-0.05, 0) is 47.6 Å². The first kappa shape index (κ1) is 53.6. The number of nitrogens with one attached hydrogen (secondary N) is 1. The number of carboxylic acids is 1. The largest absolute Gasteiger partial charge is 0.507 e. The van der Waals surface area contributed by atoms with Gasteiger partial charge in [0.1, 0.15) is 36.6 Å². The Balaban J connectivity index is 1.46. The van der Waals surface area contributed by atoms with Crippen molar-refractivity contribution < 1.29 is 91.9 Å². The van der Waals surface area contributed by atoms with E-state index >= 15 is 0 Å². The fraction of sp³-hybridized carbons (Fsp3) is 0.580. The van der Waals surface area contributed by atoms with Gasteiger partial charge < -0.3 is 63.6 Å². The number of carboxylic acid groups (broad SMARTS) is 1. The maximum Gasteiger partial charge on any atom is 0.312 e. The lowest BCUT2D eigenvalue weighted by molar-refractivity contribution is -0.246. The highest BCUT2D eigenvalue weighted by Crippen LogP contribution is 2.48. The number of ether oxygens (including phenoxy) is 8. The van der Waals surface area contributed by atoms with Crippen LogP contribution in [0.1, 0.15) is 119 Å². The van der Waals surface area contributed by atoms with Crippen LogP contribution in [0.3, 0.4) is 0 Å². The Kier molecular flexibility index (Phi) is 16.0. The van der Waals surface area contributed by atoms with Crippen LogP contribution < -0.4 is 10.1 Å². The molecular formula is C50H63NO19. The highest BCUT2D eigenvalue weighted by atomic mass is 16.7. The second-order valence-electron chi connectivity index (χ2n) is 19.5. The minimum absolute atomic E-state index is 0.0279. The summed E-state index contributed by atoms with van der Waals surface area (Å²) >= 11 is 0. The molecule has 2 fully saturated rings. The summed E-state index contributed by atoms with van der Waals surface area (Å²) in [7, 11) is 0. The molecule has 1 aromatic carbocycles. The number of carbonyl (C=O) groups excluding carboxylic acids is 6. The Bertz CT molecular complexity index is 2420. The minimum atomic E-state index is -2.20. The fourth-order valence-corrected chi connectivity index (χ4v) is 9.48. The van der Waals surface area contributed by atoms with E-state index in [1.165, 1.54) is 79.7 Å². The molecule has 20 heteroatoms. The molecule has 14 unspecified atom stereocenters. The number of hydrogen-bond donors (Lipinski definition) is 5. The molecule has 4 bridgehead atoms. The number of aromatic hydroxyl groups is 1. The lowest BCUT2D eigenvalue weighted by atomic mass is 9.77. The predicted molar refractivity (Wildman–Crippen MR) is 243 cm³/mol. The van der Waals surface area contributed by atoms with E-state index in [0.29, 0.717) is 0 Å². The van der Waals surface area contributed by atoms with Crippen molar-refractivity contribution in [1.29, 1.82) is 0 Å². The fourth-order valence-electron chi connectivity index (χ4n) is 9.48. The molecule has 70 heavy (non-hydrogen) atoms. The highest BCUT2D eigenvalue weighted by molar-refractivity contribution is 6.31. The molecule has 20 nitrogen and oxygen atoms in total. The van der Waals surface area contributed by atoms with Crippen LogP contribution >= 0.6 is 0 Å². The molecule has 2 saturated heterocycles. The zero-order valence-electron chi connectivity index (χ0n) is 41.0. The van der Waals surface area contributed by atoms with Crippen LogP contribution in [0.2, 0.25) is 0 Å². The van der Waals surface area contributed by atoms with Gasteiger partial charge in [0, 0.05) is 61.2 Å². The number of ketones is 3. The summed E-state index contributed by atoms with van der Waals surface area (Å²) in [6, 6.07) is 0. The normalized spacial score (nSPS) is 33.3.